The molecule has 0 saturated carbocycles. The van der Waals surface area contributed by atoms with Gasteiger partial charge in [-0.05, 0) is 47.9 Å². The molecule has 5 nitrogen and oxygen atoms in total. The molecule has 1 unspecified atom stereocenters. The van der Waals surface area contributed by atoms with Crippen molar-refractivity contribution in [3.63, 3.8) is 0 Å². The Morgan fingerprint density at radius 2 is 1.45 bits per heavy atom. The van der Waals surface area contributed by atoms with Crippen molar-refractivity contribution < 1.29 is 13.2 Å². The van der Waals surface area contributed by atoms with Crippen LogP contribution < -0.4 is 10.0 Å². The van der Waals surface area contributed by atoms with Crippen LogP contribution in [-0.4, -0.2) is 20.9 Å². The van der Waals surface area contributed by atoms with Crippen LogP contribution in [0.2, 0.25) is 0 Å². The number of rotatable bonds is 7. The first-order valence-corrected chi connectivity index (χ1v) is 10.9. The molecule has 3 rings (SSSR count). The van der Waals surface area contributed by atoms with Crippen LogP contribution in [0.5, 0.6) is 0 Å². The Hall–Kier alpha value is -2.96. The summed E-state index contributed by atoms with van der Waals surface area (Å²) in [6.07, 6.45) is 0. The molecule has 0 aromatic heterocycles. The maximum absolute atomic E-state index is 12.5. The number of hydrogen-bond acceptors (Lipinski definition) is 3. The second kappa shape index (κ2) is 9.03. The number of hydrogen-bond donors (Lipinski definition) is 2. The van der Waals surface area contributed by atoms with Gasteiger partial charge in [0.15, 0.2) is 0 Å². The van der Waals surface area contributed by atoms with Gasteiger partial charge in [0.2, 0.25) is 10.0 Å². The summed E-state index contributed by atoms with van der Waals surface area (Å²) in [4.78, 5) is 12.7. The van der Waals surface area contributed by atoms with Crippen LogP contribution in [0, 0.1) is 0 Å². The number of amides is 1. The van der Waals surface area contributed by atoms with E-state index in [9.17, 15) is 13.2 Å². The van der Waals surface area contributed by atoms with E-state index in [0.29, 0.717) is 12.1 Å². The lowest BCUT2D eigenvalue weighted by Gasteiger charge is -2.15. The SMILES string of the molecule is CCNS(=O)(=O)c1ccc(C(=O)NC(C)c2ccc(-c3ccccc3)cc2)cc1. The summed E-state index contributed by atoms with van der Waals surface area (Å²) in [5, 5.41) is 2.95. The number of benzene rings is 3. The smallest absolute Gasteiger partial charge is 0.251 e. The van der Waals surface area contributed by atoms with Crippen LogP contribution in [0.25, 0.3) is 11.1 Å². The molecule has 0 aliphatic heterocycles. The molecular formula is C23H24N2O3S. The van der Waals surface area contributed by atoms with E-state index >= 15 is 0 Å². The predicted octanol–water partition coefficient (Wildman–Crippen LogP) is 4.14. The van der Waals surface area contributed by atoms with Crippen molar-refractivity contribution in [1.82, 2.24) is 10.0 Å². The van der Waals surface area contributed by atoms with Gasteiger partial charge in [-0.3, -0.25) is 4.79 Å². The third kappa shape index (κ3) is 5.10. The molecule has 3 aromatic rings. The minimum Gasteiger partial charge on any atom is -0.346 e. The molecule has 0 bridgehead atoms. The molecule has 6 heteroatoms. The molecular weight excluding hydrogens is 384 g/mol. The topological polar surface area (TPSA) is 75.3 Å². The van der Waals surface area contributed by atoms with Crippen molar-refractivity contribution >= 4 is 15.9 Å². The summed E-state index contributed by atoms with van der Waals surface area (Å²) < 4.78 is 26.4. The molecule has 0 radical (unpaired) electrons. The van der Waals surface area contributed by atoms with E-state index in [0.717, 1.165) is 16.7 Å². The normalized spacial score (nSPS) is 12.3. The van der Waals surface area contributed by atoms with E-state index in [-0.39, 0.29) is 16.8 Å². The van der Waals surface area contributed by atoms with Crippen LogP contribution in [-0.2, 0) is 10.0 Å². The first-order valence-electron chi connectivity index (χ1n) is 9.46. The summed E-state index contributed by atoms with van der Waals surface area (Å²) in [6, 6.07) is 23.9. The van der Waals surface area contributed by atoms with Crippen LogP contribution in [0.15, 0.2) is 83.8 Å². The Balaban J connectivity index is 1.67. The predicted molar refractivity (Wildman–Crippen MR) is 115 cm³/mol. The lowest BCUT2D eigenvalue weighted by Crippen LogP contribution is -2.27. The number of carbonyl (C=O) groups excluding carboxylic acids is 1. The van der Waals surface area contributed by atoms with E-state index in [1.165, 1.54) is 24.3 Å². The fourth-order valence-corrected chi connectivity index (χ4v) is 4.06. The Morgan fingerprint density at radius 1 is 0.862 bits per heavy atom. The molecule has 1 atom stereocenters. The Bertz CT molecular complexity index is 1060. The molecule has 29 heavy (non-hydrogen) atoms. The van der Waals surface area contributed by atoms with Crippen molar-refractivity contribution in [3.8, 4) is 11.1 Å². The first kappa shape index (κ1) is 20.8. The molecule has 0 fully saturated rings. The molecule has 0 aliphatic rings. The fourth-order valence-electron chi connectivity index (χ4n) is 3.02. The van der Waals surface area contributed by atoms with Crippen LogP contribution in [0.4, 0.5) is 0 Å². The summed E-state index contributed by atoms with van der Waals surface area (Å²) in [6.45, 7) is 3.94. The molecule has 0 heterocycles. The van der Waals surface area contributed by atoms with Gasteiger partial charge in [0.25, 0.3) is 5.91 Å². The Kier molecular flexibility index (Phi) is 6.46. The molecule has 0 aliphatic carbocycles. The zero-order valence-corrected chi connectivity index (χ0v) is 17.2. The standard InChI is InChI=1S/C23H24N2O3S/c1-3-24-29(27,28)22-15-13-21(14-16-22)23(26)25-17(2)18-9-11-20(12-10-18)19-7-5-4-6-8-19/h4-17,24H,3H2,1-2H3,(H,25,26). The lowest BCUT2D eigenvalue weighted by molar-refractivity contribution is 0.0940. The third-order valence-corrected chi connectivity index (χ3v) is 6.19. The van der Waals surface area contributed by atoms with Gasteiger partial charge in [0.05, 0.1) is 10.9 Å². The van der Waals surface area contributed by atoms with Gasteiger partial charge in [0.1, 0.15) is 0 Å². The van der Waals surface area contributed by atoms with Crippen molar-refractivity contribution in [2.24, 2.45) is 0 Å². The molecule has 2 N–H and O–H groups in total. The summed E-state index contributed by atoms with van der Waals surface area (Å²) in [5.41, 5.74) is 3.66. The molecule has 1 amide bonds. The summed E-state index contributed by atoms with van der Waals surface area (Å²) >= 11 is 0. The average Bonchev–Trinajstić information content (AvgIpc) is 2.74. The molecule has 150 valence electrons. The Morgan fingerprint density at radius 3 is 2.03 bits per heavy atom. The molecule has 0 saturated heterocycles. The second-order valence-electron chi connectivity index (χ2n) is 6.71. The van der Waals surface area contributed by atoms with Crippen molar-refractivity contribution in [3.05, 3.63) is 90.0 Å². The fraction of sp³-hybridized carbons (Fsp3) is 0.174. The van der Waals surface area contributed by atoms with Crippen LogP contribution in [0.3, 0.4) is 0 Å². The molecule has 3 aromatic carbocycles. The zero-order valence-electron chi connectivity index (χ0n) is 16.4. The first-order chi connectivity index (χ1) is 13.9. The van der Waals surface area contributed by atoms with Crippen molar-refractivity contribution in [2.75, 3.05) is 6.54 Å². The van der Waals surface area contributed by atoms with Gasteiger partial charge >= 0.3 is 0 Å². The van der Waals surface area contributed by atoms with Crippen LogP contribution in [0.1, 0.15) is 35.8 Å². The number of nitrogens with one attached hydrogen (secondary N) is 2. The highest BCUT2D eigenvalue weighted by Crippen LogP contribution is 2.22. The third-order valence-electron chi connectivity index (χ3n) is 4.63. The second-order valence-corrected chi connectivity index (χ2v) is 8.48. The molecule has 0 spiro atoms. The Labute approximate surface area is 171 Å². The van der Waals surface area contributed by atoms with E-state index in [1.54, 1.807) is 6.92 Å². The van der Waals surface area contributed by atoms with E-state index in [1.807, 2.05) is 49.4 Å². The average molecular weight is 409 g/mol. The quantitative estimate of drug-likeness (QED) is 0.617. The zero-order chi connectivity index (χ0) is 20.9. The highest BCUT2D eigenvalue weighted by atomic mass is 32.2. The largest absolute Gasteiger partial charge is 0.346 e. The van der Waals surface area contributed by atoms with Gasteiger partial charge < -0.3 is 5.32 Å². The van der Waals surface area contributed by atoms with Gasteiger partial charge in [-0.1, -0.05) is 61.5 Å². The minimum absolute atomic E-state index is 0.139. The number of sulfonamides is 1. The lowest BCUT2D eigenvalue weighted by atomic mass is 10.0. The van der Waals surface area contributed by atoms with E-state index in [2.05, 4.69) is 22.2 Å². The highest BCUT2D eigenvalue weighted by molar-refractivity contribution is 7.89. The van der Waals surface area contributed by atoms with Gasteiger partial charge in [-0.15, -0.1) is 0 Å². The maximum Gasteiger partial charge on any atom is 0.251 e. The highest BCUT2D eigenvalue weighted by Gasteiger charge is 2.15. The van der Waals surface area contributed by atoms with Crippen molar-refractivity contribution in [2.45, 2.75) is 24.8 Å². The van der Waals surface area contributed by atoms with E-state index in [4.69, 9.17) is 0 Å². The van der Waals surface area contributed by atoms with Crippen molar-refractivity contribution in [1.29, 1.82) is 0 Å². The van der Waals surface area contributed by atoms with Crippen LogP contribution >= 0.6 is 0 Å². The van der Waals surface area contributed by atoms with Gasteiger partial charge in [0, 0.05) is 12.1 Å². The minimum atomic E-state index is -3.53. The van der Waals surface area contributed by atoms with E-state index < -0.39 is 10.0 Å². The summed E-state index contributed by atoms with van der Waals surface area (Å²) in [5.74, 6) is -0.253. The summed E-state index contributed by atoms with van der Waals surface area (Å²) in [7, 11) is -3.53. The van der Waals surface area contributed by atoms with Gasteiger partial charge in [-0.2, -0.15) is 0 Å². The number of carbonyl (C=O) groups is 1. The maximum atomic E-state index is 12.5. The monoisotopic (exact) mass is 408 g/mol. The van der Waals surface area contributed by atoms with Gasteiger partial charge in [-0.25, -0.2) is 13.1 Å².